The Bertz CT molecular complexity index is 1180. The highest BCUT2D eigenvalue weighted by Crippen LogP contribution is 2.50. The van der Waals surface area contributed by atoms with Gasteiger partial charge < -0.3 is 14.2 Å². The number of halogens is 1. The third-order valence-electron chi connectivity index (χ3n) is 6.50. The SMILES string of the molecule is CC[C@@H]1CSC2=N[C@@H](c3ccccn3)[C@@H](c3cc(C)n(-c4cc(Cl)ccc4OC)c3C)N21. The van der Waals surface area contributed by atoms with Gasteiger partial charge in [-0.25, -0.2) is 0 Å². The first-order valence-electron chi connectivity index (χ1n) is 11.0. The van der Waals surface area contributed by atoms with Crippen molar-refractivity contribution in [2.75, 3.05) is 12.9 Å². The van der Waals surface area contributed by atoms with Gasteiger partial charge in [0, 0.05) is 34.4 Å². The number of methoxy groups -OCH3 is 1. The minimum Gasteiger partial charge on any atom is -0.495 e. The fraction of sp³-hybridized carbons (Fsp3) is 0.360. The summed E-state index contributed by atoms with van der Waals surface area (Å²) in [6.45, 7) is 6.58. The van der Waals surface area contributed by atoms with Gasteiger partial charge in [0.2, 0.25) is 0 Å². The van der Waals surface area contributed by atoms with Crippen molar-refractivity contribution in [1.29, 1.82) is 0 Å². The lowest BCUT2D eigenvalue weighted by molar-refractivity contribution is 0.254. The molecule has 166 valence electrons. The molecule has 1 aromatic carbocycles. The number of nitrogens with zero attached hydrogens (tertiary/aromatic N) is 4. The van der Waals surface area contributed by atoms with Crippen molar-refractivity contribution >= 4 is 28.5 Å². The largest absolute Gasteiger partial charge is 0.495 e. The predicted octanol–water partition coefficient (Wildman–Crippen LogP) is 6.13. The molecule has 32 heavy (non-hydrogen) atoms. The van der Waals surface area contributed by atoms with Gasteiger partial charge in [0.25, 0.3) is 0 Å². The van der Waals surface area contributed by atoms with E-state index in [1.807, 2.05) is 48.3 Å². The van der Waals surface area contributed by atoms with Crippen LogP contribution in [0.3, 0.4) is 0 Å². The van der Waals surface area contributed by atoms with E-state index in [1.54, 1.807) is 7.11 Å². The average Bonchev–Trinajstić information content (AvgIpc) is 3.45. The molecular formula is C25H27ClN4OS. The zero-order chi connectivity index (χ0) is 22.4. The van der Waals surface area contributed by atoms with Gasteiger partial charge >= 0.3 is 0 Å². The van der Waals surface area contributed by atoms with Crippen LogP contribution < -0.4 is 4.74 Å². The number of rotatable bonds is 5. The maximum Gasteiger partial charge on any atom is 0.160 e. The number of thioether (sulfide) groups is 1. The second kappa shape index (κ2) is 8.49. The van der Waals surface area contributed by atoms with E-state index < -0.39 is 0 Å². The Labute approximate surface area is 198 Å². The van der Waals surface area contributed by atoms with Crippen molar-refractivity contribution in [2.24, 2.45) is 4.99 Å². The summed E-state index contributed by atoms with van der Waals surface area (Å²) in [7, 11) is 1.70. The van der Waals surface area contributed by atoms with Crippen LogP contribution in [0.4, 0.5) is 0 Å². The fourth-order valence-corrected chi connectivity index (χ4v) is 6.49. The van der Waals surface area contributed by atoms with Crippen LogP contribution in [0.15, 0.2) is 53.7 Å². The highest BCUT2D eigenvalue weighted by atomic mass is 35.5. The highest BCUT2D eigenvalue weighted by molar-refractivity contribution is 8.14. The van der Waals surface area contributed by atoms with Crippen LogP contribution in [0, 0.1) is 13.8 Å². The Morgan fingerprint density at radius 2 is 2.03 bits per heavy atom. The van der Waals surface area contributed by atoms with E-state index in [0.29, 0.717) is 11.1 Å². The topological polar surface area (TPSA) is 42.6 Å². The lowest BCUT2D eigenvalue weighted by atomic mass is 9.95. The van der Waals surface area contributed by atoms with E-state index in [9.17, 15) is 0 Å². The normalized spacial score (nSPS) is 22.2. The van der Waals surface area contributed by atoms with Crippen molar-refractivity contribution < 1.29 is 4.74 Å². The van der Waals surface area contributed by atoms with E-state index in [0.717, 1.165) is 40.2 Å². The first-order chi connectivity index (χ1) is 15.5. The number of benzene rings is 1. The van der Waals surface area contributed by atoms with E-state index in [1.165, 1.54) is 11.3 Å². The number of fused-ring (bicyclic) bond motifs is 1. The highest BCUT2D eigenvalue weighted by Gasteiger charge is 2.46. The van der Waals surface area contributed by atoms with Crippen molar-refractivity contribution in [3.8, 4) is 11.4 Å². The second-order valence-electron chi connectivity index (χ2n) is 8.31. The minimum absolute atomic E-state index is 0.0248. The smallest absolute Gasteiger partial charge is 0.160 e. The quantitative estimate of drug-likeness (QED) is 0.453. The number of ether oxygens (including phenoxy) is 1. The molecule has 0 spiro atoms. The van der Waals surface area contributed by atoms with E-state index >= 15 is 0 Å². The molecule has 3 aromatic rings. The summed E-state index contributed by atoms with van der Waals surface area (Å²) in [5.74, 6) is 1.89. The molecular weight excluding hydrogens is 440 g/mol. The number of pyridine rings is 1. The van der Waals surface area contributed by atoms with Gasteiger partial charge in [-0.2, -0.15) is 0 Å². The van der Waals surface area contributed by atoms with Crippen LogP contribution in [0.25, 0.3) is 5.69 Å². The van der Waals surface area contributed by atoms with E-state index in [2.05, 4.69) is 47.4 Å². The summed E-state index contributed by atoms with van der Waals surface area (Å²) < 4.78 is 7.92. The first kappa shape index (κ1) is 21.4. The van der Waals surface area contributed by atoms with Crippen molar-refractivity contribution in [1.82, 2.24) is 14.5 Å². The number of aryl methyl sites for hydroxylation is 1. The Balaban J connectivity index is 1.66. The molecule has 0 saturated carbocycles. The standard InChI is InChI=1S/C25H27ClN4OS/c1-5-18-14-32-25-28-23(20-8-6-7-11-27-20)24(30(18)25)19-12-15(2)29(16(19)3)21-13-17(26)9-10-22(21)31-4/h6-13,18,23-24H,5,14H2,1-4H3/t18-,23+,24-/m1/s1. The van der Waals surface area contributed by atoms with Crippen LogP contribution in [-0.4, -0.2) is 38.5 Å². The van der Waals surface area contributed by atoms with Gasteiger partial charge in [0.1, 0.15) is 11.8 Å². The van der Waals surface area contributed by atoms with Crippen LogP contribution in [0.5, 0.6) is 5.75 Å². The monoisotopic (exact) mass is 466 g/mol. The predicted molar refractivity (Wildman–Crippen MR) is 132 cm³/mol. The number of hydrogen-bond acceptors (Lipinski definition) is 5. The summed E-state index contributed by atoms with van der Waals surface area (Å²) in [6, 6.07) is 14.7. The molecule has 5 rings (SSSR count). The third-order valence-corrected chi connectivity index (χ3v) is 7.86. The molecule has 0 bridgehead atoms. The molecule has 0 radical (unpaired) electrons. The zero-order valence-corrected chi connectivity index (χ0v) is 20.3. The second-order valence-corrected chi connectivity index (χ2v) is 9.74. The molecule has 2 aromatic heterocycles. The number of aliphatic imine (C=N–C) groups is 1. The molecule has 0 aliphatic carbocycles. The molecule has 0 amide bonds. The number of hydrogen-bond donors (Lipinski definition) is 0. The summed E-state index contributed by atoms with van der Waals surface area (Å²) in [5.41, 5.74) is 5.57. The molecule has 0 unspecified atom stereocenters. The van der Waals surface area contributed by atoms with Gasteiger partial charge in [-0.1, -0.05) is 36.4 Å². The Morgan fingerprint density at radius 3 is 2.75 bits per heavy atom. The van der Waals surface area contributed by atoms with Crippen molar-refractivity contribution in [3.05, 3.63) is 76.3 Å². The Hall–Kier alpha value is -2.44. The van der Waals surface area contributed by atoms with Crippen molar-refractivity contribution in [2.45, 2.75) is 45.3 Å². The lowest BCUT2D eigenvalue weighted by Crippen LogP contribution is -2.35. The Kier molecular flexibility index (Phi) is 5.68. The summed E-state index contributed by atoms with van der Waals surface area (Å²) in [6.07, 6.45) is 2.96. The number of aromatic nitrogens is 2. The molecule has 1 fully saturated rings. The molecule has 3 atom stereocenters. The van der Waals surface area contributed by atoms with Gasteiger partial charge in [-0.15, -0.1) is 0 Å². The van der Waals surface area contributed by atoms with Gasteiger partial charge in [0.15, 0.2) is 5.17 Å². The fourth-order valence-electron chi connectivity index (χ4n) is 4.98. The van der Waals surface area contributed by atoms with Crippen LogP contribution in [0.2, 0.25) is 5.02 Å². The molecule has 4 heterocycles. The Morgan fingerprint density at radius 1 is 1.19 bits per heavy atom. The van der Waals surface area contributed by atoms with Crippen molar-refractivity contribution in [3.63, 3.8) is 0 Å². The van der Waals surface area contributed by atoms with Gasteiger partial charge in [-0.3, -0.25) is 9.98 Å². The van der Waals surface area contributed by atoms with E-state index in [4.69, 9.17) is 21.3 Å². The van der Waals surface area contributed by atoms with Crippen LogP contribution in [0.1, 0.15) is 48.1 Å². The molecule has 2 aliphatic rings. The average molecular weight is 467 g/mol. The summed E-state index contributed by atoms with van der Waals surface area (Å²) in [4.78, 5) is 12.4. The molecule has 2 aliphatic heterocycles. The summed E-state index contributed by atoms with van der Waals surface area (Å²) in [5, 5.41) is 1.83. The molecule has 5 nitrogen and oxygen atoms in total. The zero-order valence-electron chi connectivity index (χ0n) is 18.7. The third kappa shape index (κ3) is 3.41. The lowest BCUT2D eigenvalue weighted by Gasteiger charge is -2.32. The van der Waals surface area contributed by atoms with Crippen LogP contribution in [-0.2, 0) is 0 Å². The first-order valence-corrected chi connectivity index (χ1v) is 12.3. The minimum atomic E-state index is -0.0248. The number of amidine groups is 1. The maximum atomic E-state index is 6.37. The molecule has 7 heteroatoms. The maximum absolute atomic E-state index is 6.37. The molecule has 0 N–H and O–H groups in total. The van der Waals surface area contributed by atoms with Gasteiger partial charge in [-0.05, 0) is 62.2 Å². The van der Waals surface area contributed by atoms with Gasteiger partial charge in [0.05, 0.1) is 24.5 Å². The molecule has 1 saturated heterocycles. The van der Waals surface area contributed by atoms with Crippen LogP contribution >= 0.6 is 23.4 Å². The van der Waals surface area contributed by atoms with E-state index in [-0.39, 0.29) is 12.1 Å². The summed E-state index contributed by atoms with van der Waals surface area (Å²) >= 11 is 8.24.